The molecule has 1 aromatic heterocycles. The van der Waals surface area contributed by atoms with Gasteiger partial charge < -0.3 is 24.3 Å². The molecule has 6 nitrogen and oxygen atoms in total. The molecule has 0 bridgehead atoms. The zero-order valence-corrected chi connectivity index (χ0v) is 19.9. The average Bonchev–Trinajstić information content (AvgIpc) is 3.09. The zero-order chi connectivity index (χ0) is 23.4. The highest BCUT2D eigenvalue weighted by Gasteiger charge is 2.27. The van der Waals surface area contributed by atoms with Crippen molar-refractivity contribution in [1.29, 1.82) is 0 Å². The minimum atomic E-state index is -0.0922. The van der Waals surface area contributed by atoms with Gasteiger partial charge in [-0.2, -0.15) is 0 Å². The molecule has 1 amide bonds. The molecule has 0 aliphatic carbocycles. The lowest BCUT2D eigenvalue weighted by Gasteiger charge is -2.29. The molecule has 1 atom stereocenters. The van der Waals surface area contributed by atoms with E-state index in [1.807, 2.05) is 55.5 Å². The van der Waals surface area contributed by atoms with Gasteiger partial charge in [0.15, 0.2) is 0 Å². The van der Waals surface area contributed by atoms with Crippen molar-refractivity contribution in [2.24, 2.45) is 0 Å². The van der Waals surface area contributed by atoms with Crippen LogP contribution in [-0.4, -0.2) is 43.9 Å². The lowest BCUT2D eigenvalue weighted by atomic mass is 10.1. The third-order valence-electron chi connectivity index (χ3n) is 6.39. The molecule has 0 saturated carbocycles. The smallest absolute Gasteiger partial charge is 0.268 e. The first-order chi connectivity index (χ1) is 16.0. The fourth-order valence-electron chi connectivity index (χ4n) is 4.67. The van der Waals surface area contributed by atoms with Crippen LogP contribution in [0, 0.1) is 13.8 Å². The molecule has 1 aliphatic heterocycles. The van der Waals surface area contributed by atoms with Gasteiger partial charge in [-0.3, -0.25) is 4.79 Å². The van der Waals surface area contributed by atoms with E-state index < -0.39 is 0 Å². The topological polar surface area (TPSA) is 55.7 Å². The Hall–Kier alpha value is -3.25. The lowest BCUT2D eigenvalue weighted by molar-refractivity contribution is 0.0930. The van der Waals surface area contributed by atoms with Crippen LogP contribution in [0.3, 0.4) is 0 Å². The fraction of sp³-hybridized carbons (Fsp3) is 0.370. The molecular weight excluding hydrogens is 414 g/mol. The second-order valence-electron chi connectivity index (χ2n) is 8.55. The van der Waals surface area contributed by atoms with Gasteiger partial charge in [-0.1, -0.05) is 42.5 Å². The number of methoxy groups -OCH3 is 1. The number of nitrogens with zero attached hydrogens (tertiary/aromatic N) is 2. The minimum absolute atomic E-state index is 0.0608. The predicted molar refractivity (Wildman–Crippen MR) is 131 cm³/mol. The van der Waals surface area contributed by atoms with Gasteiger partial charge in [-0.15, -0.1) is 0 Å². The Morgan fingerprint density at radius 1 is 1.09 bits per heavy atom. The van der Waals surface area contributed by atoms with Crippen molar-refractivity contribution in [3.8, 4) is 5.75 Å². The Balaban J connectivity index is 1.72. The minimum Gasteiger partial charge on any atom is -0.497 e. The number of carbonyl (C=O) groups excluding carboxylic acids is 1. The Bertz CT molecular complexity index is 1100. The second-order valence-corrected chi connectivity index (χ2v) is 8.55. The largest absolute Gasteiger partial charge is 0.497 e. The molecule has 6 heteroatoms. The van der Waals surface area contributed by atoms with Crippen LogP contribution in [0.4, 0.5) is 5.69 Å². The van der Waals surface area contributed by atoms with Gasteiger partial charge in [0.1, 0.15) is 11.4 Å². The summed E-state index contributed by atoms with van der Waals surface area (Å²) in [5, 5.41) is 3.22. The van der Waals surface area contributed by atoms with Crippen LogP contribution in [0.5, 0.6) is 5.75 Å². The number of rotatable bonds is 7. The van der Waals surface area contributed by atoms with E-state index in [9.17, 15) is 4.79 Å². The molecule has 1 N–H and O–H groups in total. The molecule has 0 radical (unpaired) electrons. The van der Waals surface area contributed by atoms with Crippen molar-refractivity contribution in [2.45, 2.75) is 33.4 Å². The molecule has 3 aromatic rings. The summed E-state index contributed by atoms with van der Waals surface area (Å²) < 4.78 is 13.1. The van der Waals surface area contributed by atoms with Crippen molar-refractivity contribution in [3.63, 3.8) is 0 Å². The molecule has 2 heterocycles. The van der Waals surface area contributed by atoms with Crippen molar-refractivity contribution in [1.82, 2.24) is 9.88 Å². The molecule has 1 saturated heterocycles. The maximum Gasteiger partial charge on any atom is 0.268 e. The van der Waals surface area contributed by atoms with E-state index in [4.69, 9.17) is 9.47 Å². The van der Waals surface area contributed by atoms with Gasteiger partial charge in [0.05, 0.1) is 32.1 Å². The molecule has 174 valence electrons. The highest BCUT2D eigenvalue weighted by atomic mass is 16.5. The molecular formula is C27H33N3O3. The van der Waals surface area contributed by atoms with E-state index in [-0.39, 0.29) is 11.9 Å². The number of benzene rings is 2. The maximum absolute atomic E-state index is 13.6. The summed E-state index contributed by atoms with van der Waals surface area (Å²) in [6, 6.07) is 18.0. The normalized spacial score (nSPS) is 14.7. The Morgan fingerprint density at radius 3 is 2.52 bits per heavy atom. The first-order valence-corrected chi connectivity index (χ1v) is 11.5. The Morgan fingerprint density at radius 2 is 1.82 bits per heavy atom. The summed E-state index contributed by atoms with van der Waals surface area (Å²) in [5.74, 6) is 0.750. The Kier molecular flexibility index (Phi) is 7.04. The molecule has 2 aromatic carbocycles. The third-order valence-corrected chi connectivity index (χ3v) is 6.39. The van der Waals surface area contributed by atoms with E-state index >= 15 is 0 Å². The van der Waals surface area contributed by atoms with Gasteiger partial charge in [-0.25, -0.2) is 0 Å². The van der Waals surface area contributed by atoms with E-state index in [0.29, 0.717) is 25.5 Å². The number of morpholine rings is 1. The van der Waals surface area contributed by atoms with Crippen molar-refractivity contribution < 1.29 is 14.3 Å². The van der Waals surface area contributed by atoms with Crippen LogP contribution >= 0.6 is 0 Å². The standard InChI is InChI=1S/C27H33N3O3/c1-19-25(29-13-15-33-16-14-29)21(3)30(18-22-9-8-12-24(17-22)32-4)26(19)27(31)28-20(2)23-10-6-5-7-11-23/h5-12,17,20H,13-16,18H2,1-4H3,(H,28,31). The number of carbonyl (C=O) groups is 1. The number of amides is 1. The monoisotopic (exact) mass is 447 g/mol. The molecule has 4 rings (SSSR count). The highest BCUT2D eigenvalue weighted by Crippen LogP contribution is 2.33. The van der Waals surface area contributed by atoms with Gasteiger partial charge in [0.25, 0.3) is 5.91 Å². The zero-order valence-electron chi connectivity index (χ0n) is 19.9. The van der Waals surface area contributed by atoms with E-state index in [2.05, 4.69) is 34.7 Å². The number of nitrogens with one attached hydrogen (secondary N) is 1. The number of aromatic nitrogens is 1. The van der Waals surface area contributed by atoms with Crippen LogP contribution in [0.2, 0.25) is 0 Å². The van der Waals surface area contributed by atoms with Crippen molar-refractivity contribution in [3.05, 3.63) is 82.7 Å². The van der Waals surface area contributed by atoms with Crippen LogP contribution in [0.15, 0.2) is 54.6 Å². The van der Waals surface area contributed by atoms with Gasteiger partial charge in [-0.05, 0) is 44.0 Å². The highest BCUT2D eigenvalue weighted by molar-refractivity contribution is 5.97. The van der Waals surface area contributed by atoms with Gasteiger partial charge in [0.2, 0.25) is 0 Å². The first-order valence-electron chi connectivity index (χ1n) is 11.5. The molecule has 0 spiro atoms. The number of hydrogen-bond donors (Lipinski definition) is 1. The first kappa shape index (κ1) is 22.9. The summed E-state index contributed by atoms with van der Waals surface area (Å²) in [5.41, 5.74) is 6.12. The SMILES string of the molecule is COc1cccc(Cn2c(C)c(N3CCOCC3)c(C)c2C(=O)NC(C)c2ccccc2)c1. The van der Waals surface area contributed by atoms with Crippen molar-refractivity contribution >= 4 is 11.6 Å². The molecule has 1 aliphatic rings. The Labute approximate surface area is 196 Å². The van der Waals surface area contributed by atoms with Crippen LogP contribution in [0.1, 0.15) is 45.8 Å². The summed E-state index contributed by atoms with van der Waals surface area (Å²) in [6.07, 6.45) is 0. The predicted octanol–water partition coefficient (Wildman–Crippen LogP) is 4.49. The summed E-state index contributed by atoms with van der Waals surface area (Å²) >= 11 is 0. The van der Waals surface area contributed by atoms with Gasteiger partial charge in [0, 0.05) is 30.9 Å². The molecule has 1 fully saturated rings. The number of anilines is 1. The summed E-state index contributed by atoms with van der Waals surface area (Å²) in [6.45, 7) is 9.83. The van der Waals surface area contributed by atoms with Crippen LogP contribution in [0.25, 0.3) is 0 Å². The second kappa shape index (κ2) is 10.1. The molecule has 1 unspecified atom stereocenters. The quantitative estimate of drug-likeness (QED) is 0.580. The van der Waals surface area contributed by atoms with E-state index in [0.717, 1.165) is 46.9 Å². The third kappa shape index (κ3) is 4.91. The van der Waals surface area contributed by atoms with E-state index in [1.165, 1.54) is 0 Å². The lowest BCUT2D eigenvalue weighted by Crippen LogP contribution is -2.36. The van der Waals surface area contributed by atoms with Gasteiger partial charge >= 0.3 is 0 Å². The van der Waals surface area contributed by atoms with E-state index in [1.54, 1.807) is 7.11 Å². The number of ether oxygens (including phenoxy) is 2. The fourth-order valence-corrected chi connectivity index (χ4v) is 4.67. The average molecular weight is 448 g/mol. The maximum atomic E-state index is 13.6. The molecule has 33 heavy (non-hydrogen) atoms. The summed E-state index contributed by atoms with van der Waals surface area (Å²) in [7, 11) is 1.67. The summed E-state index contributed by atoms with van der Waals surface area (Å²) in [4.78, 5) is 16.0. The number of hydrogen-bond acceptors (Lipinski definition) is 4. The van der Waals surface area contributed by atoms with Crippen molar-refractivity contribution in [2.75, 3.05) is 38.3 Å². The van der Waals surface area contributed by atoms with Crippen LogP contribution in [-0.2, 0) is 11.3 Å². The van der Waals surface area contributed by atoms with Crippen LogP contribution < -0.4 is 15.0 Å².